The molecule has 1 aromatic rings. The third-order valence-corrected chi connectivity index (χ3v) is 1.79. The highest BCUT2D eigenvalue weighted by molar-refractivity contribution is 5.22. The van der Waals surface area contributed by atoms with Gasteiger partial charge in [-0.05, 0) is 12.0 Å². The Morgan fingerprint density at radius 1 is 1.47 bits per heavy atom. The van der Waals surface area contributed by atoms with E-state index in [0.29, 0.717) is 12.0 Å². The van der Waals surface area contributed by atoms with Gasteiger partial charge in [-0.1, -0.05) is 13.3 Å². The summed E-state index contributed by atoms with van der Waals surface area (Å²) in [6.45, 7) is 1.18. The van der Waals surface area contributed by atoms with Crippen LogP contribution in [0.15, 0.2) is 12.3 Å². The lowest BCUT2D eigenvalue weighted by Gasteiger charge is -2.06. The van der Waals surface area contributed by atoms with Gasteiger partial charge >= 0.3 is 0 Å². The molecule has 0 bridgehead atoms. The lowest BCUT2D eigenvalue weighted by molar-refractivity contribution is 0.0794. The van der Waals surface area contributed by atoms with Crippen LogP contribution in [0.1, 0.15) is 18.9 Å². The standard InChI is InChI=1S/C10H12F3NO/c1-2-3-7-4-10(14-5-8(7)11)15-6-9(12)13/h4-5,9H,2-3,6H2,1H3. The maximum atomic E-state index is 13.1. The molecular formula is C10H12F3NO. The summed E-state index contributed by atoms with van der Waals surface area (Å²) in [6, 6.07) is 1.36. The summed E-state index contributed by atoms with van der Waals surface area (Å²) in [5, 5.41) is 0. The molecule has 0 aromatic carbocycles. The van der Waals surface area contributed by atoms with Gasteiger partial charge in [0, 0.05) is 6.07 Å². The highest BCUT2D eigenvalue weighted by atomic mass is 19.3. The van der Waals surface area contributed by atoms with Gasteiger partial charge in [-0.25, -0.2) is 18.2 Å². The number of nitrogens with zero attached hydrogens (tertiary/aromatic N) is 1. The average molecular weight is 219 g/mol. The largest absolute Gasteiger partial charge is 0.472 e. The number of pyridine rings is 1. The van der Waals surface area contributed by atoms with Crippen LogP contribution in [0.4, 0.5) is 13.2 Å². The van der Waals surface area contributed by atoms with Gasteiger partial charge in [-0.2, -0.15) is 0 Å². The third-order valence-electron chi connectivity index (χ3n) is 1.79. The van der Waals surface area contributed by atoms with Crippen LogP contribution in [0.25, 0.3) is 0 Å². The monoisotopic (exact) mass is 219 g/mol. The molecule has 1 rings (SSSR count). The molecule has 15 heavy (non-hydrogen) atoms. The molecule has 5 heteroatoms. The van der Waals surface area contributed by atoms with Gasteiger partial charge in [0.2, 0.25) is 5.88 Å². The van der Waals surface area contributed by atoms with Crippen molar-refractivity contribution >= 4 is 0 Å². The molecule has 0 atom stereocenters. The quantitative estimate of drug-likeness (QED) is 0.759. The molecule has 1 aromatic heterocycles. The van der Waals surface area contributed by atoms with Crippen molar-refractivity contribution in [2.75, 3.05) is 6.61 Å². The zero-order valence-electron chi connectivity index (χ0n) is 8.34. The Bertz CT molecular complexity index is 318. The number of rotatable bonds is 5. The summed E-state index contributed by atoms with van der Waals surface area (Å²) in [4.78, 5) is 3.56. The smallest absolute Gasteiger partial charge is 0.272 e. The Hall–Kier alpha value is -1.26. The van der Waals surface area contributed by atoms with Gasteiger partial charge in [-0.15, -0.1) is 0 Å². The minimum atomic E-state index is -2.55. The highest BCUT2D eigenvalue weighted by Gasteiger charge is 2.07. The molecule has 0 aliphatic rings. The number of ether oxygens (including phenoxy) is 1. The van der Waals surface area contributed by atoms with Crippen LogP contribution >= 0.6 is 0 Å². The maximum absolute atomic E-state index is 13.1. The van der Waals surface area contributed by atoms with E-state index in [2.05, 4.69) is 9.72 Å². The second kappa shape index (κ2) is 5.58. The van der Waals surface area contributed by atoms with Crippen molar-refractivity contribution < 1.29 is 17.9 Å². The van der Waals surface area contributed by atoms with E-state index in [1.807, 2.05) is 6.92 Å². The zero-order valence-corrected chi connectivity index (χ0v) is 8.34. The fourth-order valence-electron chi connectivity index (χ4n) is 1.15. The highest BCUT2D eigenvalue weighted by Crippen LogP contribution is 2.15. The molecule has 1 heterocycles. The molecule has 0 radical (unpaired) electrons. The van der Waals surface area contributed by atoms with E-state index in [1.54, 1.807) is 0 Å². The van der Waals surface area contributed by atoms with Crippen LogP contribution in [0.3, 0.4) is 0 Å². The lowest BCUT2D eigenvalue weighted by Crippen LogP contribution is -2.08. The van der Waals surface area contributed by atoms with Crippen molar-refractivity contribution in [1.29, 1.82) is 0 Å². The van der Waals surface area contributed by atoms with Crippen molar-refractivity contribution in [2.45, 2.75) is 26.2 Å². The van der Waals surface area contributed by atoms with Crippen LogP contribution in [0, 0.1) is 5.82 Å². The molecule has 2 nitrogen and oxygen atoms in total. The SMILES string of the molecule is CCCc1cc(OCC(F)F)ncc1F. The molecule has 0 aliphatic carbocycles. The van der Waals surface area contributed by atoms with Crippen LogP contribution in [0.5, 0.6) is 5.88 Å². The number of halogens is 3. The first-order valence-electron chi connectivity index (χ1n) is 4.68. The number of hydrogen-bond acceptors (Lipinski definition) is 2. The molecule has 0 aliphatic heterocycles. The van der Waals surface area contributed by atoms with E-state index in [4.69, 9.17) is 0 Å². The predicted molar refractivity (Wildman–Crippen MR) is 49.7 cm³/mol. The lowest BCUT2D eigenvalue weighted by atomic mass is 10.1. The number of aryl methyl sites for hydroxylation is 1. The molecule has 0 fully saturated rings. The first-order valence-corrected chi connectivity index (χ1v) is 4.68. The molecule has 84 valence electrons. The summed E-state index contributed by atoms with van der Waals surface area (Å²) in [5.41, 5.74) is 0.441. The van der Waals surface area contributed by atoms with Crippen molar-refractivity contribution in [2.24, 2.45) is 0 Å². The molecule has 0 N–H and O–H groups in total. The fraction of sp³-hybridized carbons (Fsp3) is 0.500. The van der Waals surface area contributed by atoms with Crippen LogP contribution in [0.2, 0.25) is 0 Å². The molecule has 0 saturated carbocycles. The summed E-state index contributed by atoms with van der Waals surface area (Å²) in [6.07, 6.45) is -0.244. The molecule has 0 amide bonds. The van der Waals surface area contributed by atoms with Gasteiger partial charge in [0.1, 0.15) is 5.82 Å². The summed E-state index contributed by atoms with van der Waals surface area (Å²) in [5.74, 6) is -0.388. The van der Waals surface area contributed by atoms with Gasteiger partial charge in [-0.3, -0.25) is 0 Å². The Balaban J connectivity index is 2.69. The minimum absolute atomic E-state index is 0.0418. The van der Waals surface area contributed by atoms with Crippen LogP contribution in [-0.2, 0) is 6.42 Å². The normalized spacial score (nSPS) is 10.7. The Morgan fingerprint density at radius 2 is 2.20 bits per heavy atom. The Morgan fingerprint density at radius 3 is 2.80 bits per heavy atom. The first kappa shape index (κ1) is 11.8. The molecule has 0 unspecified atom stereocenters. The maximum Gasteiger partial charge on any atom is 0.272 e. The van der Waals surface area contributed by atoms with Crippen molar-refractivity contribution in [3.63, 3.8) is 0 Å². The van der Waals surface area contributed by atoms with E-state index in [0.717, 1.165) is 12.6 Å². The minimum Gasteiger partial charge on any atom is -0.472 e. The zero-order chi connectivity index (χ0) is 11.3. The number of alkyl halides is 2. The van der Waals surface area contributed by atoms with E-state index in [-0.39, 0.29) is 5.88 Å². The van der Waals surface area contributed by atoms with Gasteiger partial charge in [0.05, 0.1) is 6.20 Å². The fourth-order valence-corrected chi connectivity index (χ4v) is 1.15. The van der Waals surface area contributed by atoms with Crippen molar-refractivity contribution in [1.82, 2.24) is 4.98 Å². The van der Waals surface area contributed by atoms with Crippen LogP contribution < -0.4 is 4.74 Å². The number of hydrogen-bond donors (Lipinski definition) is 0. The summed E-state index contributed by atoms with van der Waals surface area (Å²) in [7, 11) is 0. The van der Waals surface area contributed by atoms with Gasteiger partial charge in [0.25, 0.3) is 6.43 Å². The van der Waals surface area contributed by atoms with Crippen LogP contribution in [-0.4, -0.2) is 18.0 Å². The Labute approximate surface area is 86.1 Å². The van der Waals surface area contributed by atoms with E-state index in [9.17, 15) is 13.2 Å². The second-order valence-corrected chi connectivity index (χ2v) is 3.07. The second-order valence-electron chi connectivity index (χ2n) is 3.07. The van der Waals surface area contributed by atoms with Crippen molar-refractivity contribution in [3.05, 3.63) is 23.6 Å². The Kier molecular flexibility index (Phi) is 4.39. The molecule has 0 spiro atoms. The first-order chi connectivity index (χ1) is 7.13. The molecular weight excluding hydrogens is 207 g/mol. The van der Waals surface area contributed by atoms with E-state index < -0.39 is 18.8 Å². The number of aromatic nitrogens is 1. The van der Waals surface area contributed by atoms with E-state index >= 15 is 0 Å². The predicted octanol–water partition coefficient (Wildman–Crippen LogP) is 2.82. The summed E-state index contributed by atoms with van der Waals surface area (Å²) < 4.78 is 41.4. The molecule has 0 saturated heterocycles. The third kappa shape index (κ3) is 3.77. The topological polar surface area (TPSA) is 22.1 Å². The van der Waals surface area contributed by atoms with E-state index in [1.165, 1.54) is 6.07 Å². The van der Waals surface area contributed by atoms with Crippen molar-refractivity contribution in [3.8, 4) is 5.88 Å². The summed E-state index contributed by atoms with van der Waals surface area (Å²) >= 11 is 0. The van der Waals surface area contributed by atoms with Gasteiger partial charge < -0.3 is 4.74 Å². The average Bonchev–Trinajstić information content (AvgIpc) is 2.19. The van der Waals surface area contributed by atoms with Gasteiger partial charge in [0.15, 0.2) is 6.61 Å².